The molecule has 1 fully saturated rings. The van der Waals surface area contributed by atoms with E-state index in [1.807, 2.05) is 0 Å². The smallest absolute Gasteiger partial charge is 0.137 e. The predicted molar refractivity (Wildman–Crippen MR) is 75.5 cm³/mol. The summed E-state index contributed by atoms with van der Waals surface area (Å²) in [5, 5.41) is 21.1. The fourth-order valence-corrected chi connectivity index (χ4v) is 2.99. The molecule has 4 heteroatoms. The van der Waals surface area contributed by atoms with Gasteiger partial charge in [0.25, 0.3) is 0 Å². The fourth-order valence-electron chi connectivity index (χ4n) is 2.79. The Hall–Kier alpha value is -0.770. The third-order valence-corrected chi connectivity index (χ3v) is 4.29. The third kappa shape index (κ3) is 3.41. The van der Waals surface area contributed by atoms with Crippen LogP contribution < -0.4 is 4.74 Å². The van der Waals surface area contributed by atoms with Crippen molar-refractivity contribution in [1.29, 1.82) is 0 Å². The summed E-state index contributed by atoms with van der Waals surface area (Å²) in [5.41, 5.74) is 0.652. The Balaban J connectivity index is 2.11. The van der Waals surface area contributed by atoms with Gasteiger partial charge in [-0.1, -0.05) is 36.9 Å². The number of ether oxygens (including phenoxy) is 1. The molecule has 3 nitrogen and oxygen atoms in total. The minimum atomic E-state index is -0.880. The Bertz CT molecular complexity index is 416. The van der Waals surface area contributed by atoms with Crippen molar-refractivity contribution < 1.29 is 14.9 Å². The van der Waals surface area contributed by atoms with Crippen molar-refractivity contribution in [2.75, 3.05) is 7.11 Å². The Morgan fingerprint density at radius 3 is 2.53 bits per heavy atom. The van der Waals surface area contributed by atoms with Crippen molar-refractivity contribution in [3.8, 4) is 5.75 Å². The molecule has 1 aromatic rings. The highest BCUT2D eigenvalue weighted by Crippen LogP contribution is 2.34. The number of hydrogen-bond donors (Lipinski definition) is 2. The van der Waals surface area contributed by atoms with Gasteiger partial charge in [0.15, 0.2) is 0 Å². The van der Waals surface area contributed by atoms with Crippen LogP contribution in [0.3, 0.4) is 0 Å². The highest BCUT2D eigenvalue weighted by Gasteiger charge is 2.28. The van der Waals surface area contributed by atoms with Gasteiger partial charge in [-0.15, -0.1) is 0 Å². The van der Waals surface area contributed by atoms with E-state index in [2.05, 4.69) is 0 Å². The summed E-state index contributed by atoms with van der Waals surface area (Å²) in [5.74, 6) is 0.708. The van der Waals surface area contributed by atoms with Crippen LogP contribution in [0.2, 0.25) is 5.02 Å². The number of methoxy groups -OCH3 is 1. The van der Waals surface area contributed by atoms with Gasteiger partial charge in [-0.25, -0.2) is 0 Å². The maximum Gasteiger partial charge on any atom is 0.137 e. The molecule has 106 valence electrons. The van der Waals surface area contributed by atoms with Gasteiger partial charge in [-0.2, -0.15) is 0 Å². The predicted octanol–water partition coefficient (Wildman–Crippen LogP) is 3.32. The molecule has 1 saturated carbocycles. The van der Waals surface area contributed by atoms with E-state index >= 15 is 0 Å². The van der Waals surface area contributed by atoms with E-state index in [1.54, 1.807) is 18.2 Å². The summed E-state index contributed by atoms with van der Waals surface area (Å²) in [4.78, 5) is 0. The molecule has 2 atom stereocenters. The second kappa shape index (κ2) is 6.60. The summed E-state index contributed by atoms with van der Waals surface area (Å²) < 4.78 is 5.14. The molecule has 2 unspecified atom stereocenters. The van der Waals surface area contributed by atoms with Crippen molar-refractivity contribution in [2.24, 2.45) is 5.92 Å². The molecule has 0 amide bonds. The Morgan fingerprint density at radius 1 is 1.21 bits per heavy atom. The van der Waals surface area contributed by atoms with Crippen molar-refractivity contribution in [1.82, 2.24) is 0 Å². The van der Waals surface area contributed by atoms with Crippen molar-refractivity contribution in [2.45, 2.75) is 44.3 Å². The Morgan fingerprint density at radius 2 is 1.89 bits per heavy atom. The third-order valence-electron chi connectivity index (χ3n) is 3.97. The van der Waals surface area contributed by atoms with Gasteiger partial charge in [0.2, 0.25) is 0 Å². The number of rotatable bonds is 4. The summed E-state index contributed by atoms with van der Waals surface area (Å²) in [6.07, 6.45) is 3.89. The SMILES string of the molecule is COc1cc(C(O)C(O)C2CCCCC2)ccc1Cl. The normalized spacial score (nSPS) is 20.0. The first-order chi connectivity index (χ1) is 9.13. The Kier molecular flexibility index (Phi) is 5.08. The van der Waals surface area contributed by atoms with E-state index < -0.39 is 12.2 Å². The van der Waals surface area contributed by atoms with Gasteiger partial charge in [-0.3, -0.25) is 0 Å². The lowest BCUT2D eigenvalue weighted by Crippen LogP contribution is -2.29. The molecular weight excluding hydrogens is 264 g/mol. The molecule has 0 saturated heterocycles. The highest BCUT2D eigenvalue weighted by molar-refractivity contribution is 6.32. The quantitative estimate of drug-likeness (QED) is 0.892. The largest absolute Gasteiger partial charge is 0.495 e. The van der Waals surface area contributed by atoms with Crippen LogP contribution >= 0.6 is 11.6 Å². The first-order valence-corrected chi connectivity index (χ1v) is 7.21. The van der Waals surface area contributed by atoms with E-state index in [1.165, 1.54) is 13.5 Å². The standard InChI is InChI=1S/C15H21ClO3/c1-19-13-9-11(7-8-12(13)16)15(18)14(17)10-5-3-2-4-6-10/h7-10,14-15,17-18H,2-6H2,1H3. The monoisotopic (exact) mass is 284 g/mol. The van der Waals surface area contributed by atoms with Gasteiger partial charge >= 0.3 is 0 Å². The van der Waals surface area contributed by atoms with Crippen LogP contribution in [0.25, 0.3) is 0 Å². The summed E-state index contributed by atoms with van der Waals surface area (Å²) in [6.45, 7) is 0. The van der Waals surface area contributed by atoms with E-state index in [-0.39, 0.29) is 5.92 Å². The molecule has 2 rings (SSSR count). The average Bonchev–Trinajstić information content (AvgIpc) is 2.47. The first kappa shape index (κ1) is 14.6. The maximum atomic E-state index is 10.3. The summed E-state index contributed by atoms with van der Waals surface area (Å²) in [7, 11) is 1.54. The van der Waals surface area contributed by atoms with Crippen LogP contribution in [0.4, 0.5) is 0 Å². The van der Waals surface area contributed by atoms with E-state index in [4.69, 9.17) is 16.3 Å². The second-order valence-corrected chi connectivity index (χ2v) is 5.63. The zero-order chi connectivity index (χ0) is 13.8. The molecule has 2 N–H and O–H groups in total. The molecule has 0 radical (unpaired) electrons. The van der Waals surface area contributed by atoms with Gasteiger partial charge < -0.3 is 14.9 Å². The zero-order valence-corrected chi connectivity index (χ0v) is 11.9. The van der Waals surface area contributed by atoms with Crippen LogP contribution in [-0.4, -0.2) is 23.4 Å². The fraction of sp³-hybridized carbons (Fsp3) is 0.600. The van der Waals surface area contributed by atoms with Crippen LogP contribution in [0, 0.1) is 5.92 Å². The van der Waals surface area contributed by atoms with Gasteiger partial charge in [0.1, 0.15) is 11.9 Å². The van der Waals surface area contributed by atoms with Crippen LogP contribution in [0.5, 0.6) is 5.75 Å². The van der Waals surface area contributed by atoms with Gasteiger partial charge in [0.05, 0.1) is 18.2 Å². The minimum absolute atomic E-state index is 0.186. The van der Waals surface area contributed by atoms with Crippen molar-refractivity contribution >= 4 is 11.6 Å². The molecule has 1 aliphatic rings. The first-order valence-electron chi connectivity index (χ1n) is 6.83. The summed E-state index contributed by atoms with van der Waals surface area (Å²) in [6, 6.07) is 5.12. The second-order valence-electron chi connectivity index (χ2n) is 5.23. The number of aliphatic hydroxyl groups is 2. The molecular formula is C15H21ClO3. The van der Waals surface area contributed by atoms with Gasteiger partial charge in [-0.05, 0) is 36.5 Å². The Labute approximate surface area is 119 Å². The van der Waals surface area contributed by atoms with E-state index in [0.29, 0.717) is 16.3 Å². The van der Waals surface area contributed by atoms with Crippen molar-refractivity contribution in [3.63, 3.8) is 0 Å². The number of hydrogen-bond acceptors (Lipinski definition) is 3. The number of aliphatic hydroxyl groups excluding tert-OH is 2. The highest BCUT2D eigenvalue weighted by atomic mass is 35.5. The molecule has 0 aromatic heterocycles. The molecule has 1 aliphatic carbocycles. The molecule has 0 bridgehead atoms. The topological polar surface area (TPSA) is 49.7 Å². The van der Waals surface area contributed by atoms with Crippen LogP contribution in [0.15, 0.2) is 18.2 Å². The minimum Gasteiger partial charge on any atom is -0.495 e. The zero-order valence-electron chi connectivity index (χ0n) is 11.2. The molecule has 19 heavy (non-hydrogen) atoms. The molecule has 0 heterocycles. The lowest BCUT2D eigenvalue weighted by atomic mass is 9.82. The molecule has 0 spiro atoms. The molecule has 0 aliphatic heterocycles. The number of benzene rings is 1. The average molecular weight is 285 g/mol. The lowest BCUT2D eigenvalue weighted by molar-refractivity contribution is -0.0286. The number of halogens is 1. The maximum absolute atomic E-state index is 10.3. The van der Waals surface area contributed by atoms with E-state index in [0.717, 1.165) is 25.7 Å². The van der Waals surface area contributed by atoms with Crippen LogP contribution in [0.1, 0.15) is 43.8 Å². The summed E-state index contributed by atoms with van der Waals surface area (Å²) >= 11 is 5.96. The molecule has 1 aromatic carbocycles. The lowest BCUT2D eigenvalue weighted by Gasteiger charge is -2.30. The van der Waals surface area contributed by atoms with Crippen molar-refractivity contribution in [3.05, 3.63) is 28.8 Å². The van der Waals surface area contributed by atoms with Gasteiger partial charge in [0, 0.05) is 0 Å². The van der Waals surface area contributed by atoms with E-state index in [9.17, 15) is 10.2 Å². The van der Waals surface area contributed by atoms with Crippen LogP contribution in [-0.2, 0) is 0 Å².